The highest BCUT2D eigenvalue weighted by Gasteiger charge is 2.26. The first-order chi connectivity index (χ1) is 20.7. The van der Waals surface area contributed by atoms with E-state index >= 15 is 0 Å². The van der Waals surface area contributed by atoms with Gasteiger partial charge in [0.2, 0.25) is 0 Å². The average Bonchev–Trinajstić information content (AvgIpc) is 2.95. The second kappa shape index (κ2) is 24.4. The highest BCUT2D eigenvalue weighted by atomic mass is 16.6. The van der Waals surface area contributed by atoms with Crippen molar-refractivity contribution in [2.75, 3.05) is 19.8 Å². The molecule has 1 aliphatic rings. The van der Waals surface area contributed by atoms with Crippen molar-refractivity contribution in [3.05, 3.63) is 58.7 Å². The molecule has 0 saturated carbocycles. The predicted molar refractivity (Wildman–Crippen MR) is 184 cm³/mol. The van der Waals surface area contributed by atoms with Gasteiger partial charge in [-0.15, -0.1) is 0 Å². The van der Waals surface area contributed by atoms with E-state index in [1.807, 2.05) is 25.2 Å². The van der Waals surface area contributed by atoms with Crippen LogP contribution in [0.15, 0.2) is 58.7 Å². The van der Waals surface area contributed by atoms with Crippen LogP contribution < -0.4 is 0 Å². The molecule has 0 saturated heterocycles. The van der Waals surface area contributed by atoms with Crippen molar-refractivity contribution in [2.24, 2.45) is 5.41 Å². The smallest absolute Gasteiger partial charge is 0.331 e. The van der Waals surface area contributed by atoms with E-state index in [4.69, 9.17) is 9.47 Å². The fourth-order valence-corrected chi connectivity index (χ4v) is 5.80. The maximum atomic E-state index is 12.3. The summed E-state index contributed by atoms with van der Waals surface area (Å²) >= 11 is 0. The van der Waals surface area contributed by atoms with Gasteiger partial charge in [0.1, 0.15) is 6.10 Å². The Morgan fingerprint density at radius 1 is 0.884 bits per heavy atom. The highest BCUT2D eigenvalue weighted by molar-refractivity contribution is 5.83. The molecule has 0 aromatic heterocycles. The van der Waals surface area contributed by atoms with Crippen LogP contribution in [0.2, 0.25) is 0 Å². The molecule has 1 aliphatic carbocycles. The van der Waals surface area contributed by atoms with Gasteiger partial charge in [0.05, 0.1) is 13.2 Å². The molecule has 4 nitrogen and oxygen atoms in total. The van der Waals surface area contributed by atoms with Gasteiger partial charge < -0.3 is 14.6 Å². The molecule has 0 fully saturated rings. The summed E-state index contributed by atoms with van der Waals surface area (Å²) in [5, 5.41) is 9.62. The summed E-state index contributed by atoms with van der Waals surface area (Å²) in [6, 6.07) is 0. The van der Waals surface area contributed by atoms with Crippen LogP contribution in [0.1, 0.15) is 151 Å². The summed E-state index contributed by atoms with van der Waals surface area (Å²) in [4.78, 5) is 12.3. The van der Waals surface area contributed by atoms with E-state index in [-0.39, 0.29) is 18.6 Å². The maximum Gasteiger partial charge on any atom is 0.331 e. The van der Waals surface area contributed by atoms with Crippen LogP contribution >= 0.6 is 0 Å². The first-order valence-electron chi connectivity index (χ1n) is 17.5. The first-order valence-corrected chi connectivity index (χ1v) is 17.5. The molecule has 1 rings (SSSR count). The van der Waals surface area contributed by atoms with Gasteiger partial charge in [-0.1, -0.05) is 146 Å². The minimum Gasteiger partial charge on any atom is -0.454 e. The molecule has 0 heterocycles. The second-order valence-corrected chi connectivity index (χ2v) is 13.3. The van der Waals surface area contributed by atoms with Gasteiger partial charge in [0, 0.05) is 12.7 Å². The fraction of sp³-hybridized carbons (Fsp3) is 0.718. The molecule has 0 bridgehead atoms. The monoisotopic (exact) mass is 598 g/mol. The number of allylic oxidation sites excluding steroid dienone is 9. The molecule has 0 radical (unpaired) electrons. The van der Waals surface area contributed by atoms with Gasteiger partial charge in [-0.2, -0.15) is 0 Å². The number of ether oxygens (including phenoxy) is 2. The maximum absolute atomic E-state index is 12.3. The molecule has 1 N–H and O–H groups in total. The Bertz CT molecular complexity index is 902. The van der Waals surface area contributed by atoms with Crippen LogP contribution in [-0.2, 0) is 14.3 Å². The minimum absolute atomic E-state index is 0.227. The quantitative estimate of drug-likeness (QED) is 0.0520. The number of unbranched alkanes of at least 4 members (excludes halogenated alkanes) is 13. The Hall–Kier alpha value is -1.91. The van der Waals surface area contributed by atoms with Crippen molar-refractivity contribution in [2.45, 2.75) is 157 Å². The number of esters is 1. The number of hydrogen-bond acceptors (Lipinski definition) is 4. The Morgan fingerprint density at radius 2 is 1.47 bits per heavy atom. The number of hydrogen-bond donors (Lipinski definition) is 1. The summed E-state index contributed by atoms with van der Waals surface area (Å²) in [7, 11) is 0. The van der Waals surface area contributed by atoms with Crippen molar-refractivity contribution < 1.29 is 19.4 Å². The molecule has 43 heavy (non-hydrogen) atoms. The molecule has 246 valence electrons. The summed E-state index contributed by atoms with van der Waals surface area (Å²) in [5.41, 5.74) is 5.14. The van der Waals surface area contributed by atoms with E-state index < -0.39 is 12.1 Å². The third kappa shape index (κ3) is 19.9. The van der Waals surface area contributed by atoms with Crippen LogP contribution in [0, 0.1) is 5.41 Å². The van der Waals surface area contributed by atoms with Crippen molar-refractivity contribution >= 4 is 5.97 Å². The number of carbonyl (C=O) groups excluding carboxylic acids is 1. The van der Waals surface area contributed by atoms with E-state index in [1.54, 1.807) is 0 Å². The fourth-order valence-electron chi connectivity index (χ4n) is 5.80. The number of carbonyl (C=O) groups is 1. The topological polar surface area (TPSA) is 55.8 Å². The molecule has 0 aromatic rings. The number of aliphatic hydroxyl groups excluding tert-OH is 1. The van der Waals surface area contributed by atoms with Gasteiger partial charge in [-0.05, 0) is 63.0 Å². The lowest BCUT2D eigenvalue weighted by Crippen LogP contribution is -2.26. The zero-order chi connectivity index (χ0) is 31.8. The van der Waals surface area contributed by atoms with Crippen molar-refractivity contribution in [3.63, 3.8) is 0 Å². The van der Waals surface area contributed by atoms with Crippen molar-refractivity contribution in [1.29, 1.82) is 0 Å². The second-order valence-electron chi connectivity index (χ2n) is 13.3. The Labute approximate surface area is 265 Å². The van der Waals surface area contributed by atoms with Crippen LogP contribution in [0.25, 0.3) is 0 Å². The van der Waals surface area contributed by atoms with E-state index in [2.05, 4.69) is 46.8 Å². The Kier molecular flexibility index (Phi) is 22.2. The molecule has 0 spiro atoms. The van der Waals surface area contributed by atoms with Gasteiger partial charge in [0.25, 0.3) is 0 Å². The molecule has 0 amide bonds. The largest absolute Gasteiger partial charge is 0.454 e. The van der Waals surface area contributed by atoms with Crippen LogP contribution in [0.5, 0.6) is 0 Å². The molecular formula is C39H66O4. The van der Waals surface area contributed by atoms with Crippen LogP contribution in [0.3, 0.4) is 0 Å². The van der Waals surface area contributed by atoms with Crippen molar-refractivity contribution in [1.82, 2.24) is 0 Å². The zero-order valence-electron chi connectivity index (χ0n) is 28.9. The van der Waals surface area contributed by atoms with E-state index in [9.17, 15) is 9.90 Å². The normalized spacial score (nSPS) is 16.9. The summed E-state index contributed by atoms with van der Waals surface area (Å²) in [6.07, 6.45) is 33.4. The lowest BCUT2D eigenvalue weighted by molar-refractivity contribution is -0.148. The first kappa shape index (κ1) is 39.1. The minimum atomic E-state index is -0.638. The van der Waals surface area contributed by atoms with Crippen molar-refractivity contribution in [3.8, 4) is 0 Å². The SMILES string of the molecule is CCCCCCCCCCCCCCCCOC[C@H](CO)OC(=O)/C=C(C)/C=C/C=C(C)/C=C/C1=C(C)CCCC1(C)C. The molecule has 0 unspecified atom stereocenters. The standard InChI is InChI=1S/C39H66O4/c1-7-8-9-10-11-12-13-14-15-16-17-18-19-20-29-42-32-36(31-40)43-38(41)30-34(3)24-21-23-33(2)26-27-37-35(4)25-22-28-39(37,5)6/h21,23-24,26-27,30,36,40H,7-20,22,25,28-29,31-32H2,1-6H3/b24-21+,27-26+,33-23+,34-30+/t36-/m0/s1. The van der Waals surface area contributed by atoms with Gasteiger partial charge in [-0.25, -0.2) is 4.79 Å². The van der Waals surface area contributed by atoms with Gasteiger partial charge in [-0.3, -0.25) is 0 Å². The van der Waals surface area contributed by atoms with Gasteiger partial charge in [0.15, 0.2) is 0 Å². The molecule has 4 heteroatoms. The number of rotatable bonds is 24. The molecule has 0 aliphatic heterocycles. The summed E-state index contributed by atoms with van der Waals surface area (Å²) < 4.78 is 11.1. The molecule has 0 aromatic carbocycles. The molecular weight excluding hydrogens is 532 g/mol. The average molecular weight is 599 g/mol. The molecule has 1 atom stereocenters. The van der Waals surface area contributed by atoms with Gasteiger partial charge >= 0.3 is 5.97 Å². The van der Waals surface area contributed by atoms with E-state index in [0.29, 0.717) is 6.61 Å². The number of aliphatic hydroxyl groups is 1. The lowest BCUT2D eigenvalue weighted by Gasteiger charge is -2.32. The third-order valence-electron chi connectivity index (χ3n) is 8.55. The zero-order valence-corrected chi connectivity index (χ0v) is 28.9. The van der Waals surface area contributed by atoms with E-state index in [0.717, 1.165) is 24.0 Å². The van der Waals surface area contributed by atoms with E-state index in [1.165, 1.54) is 114 Å². The highest BCUT2D eigenvalue weighted by Crippen LogP contribution is 2.40. The third-order valence-corrected chi connectivity index (χ3v) is 8.55. The van der Waals surface area contributed by atoms with Crippen LogP contribution in [0.4, 0.5) is 0 Å². The summed E-state index contributed by atoms with van der Waals surface area (Å²) in [5.74, 6) is -0.455. The Balaban J connectivity index is 2.19. The predicted octanol–water partition coefficient (Wildman–Crippen LogP) is 10.9. The Morgan fingerprint density at radius 3 is 2.02 bits per heavy atom. The lowest BCUT2D eigenvalue weighted by atomic mass is 9.72. The van der Waals surface area contributed by atoms with Crippen LogP contribution in [-0.4, -0.2) is 37.0 Å². The summed E-state index contributed by atoms with van der Waals surface area (Å²) in [6.45, 7) is 13.8.